The molecule has 2 aromatic rings. The molecule has 88 valence electrons. The first-order valence-corrected chi connectivity index (χ1v) is 5.33. The highest BCUT2D eigenvalue weighted by molar-refractivity contribution is 6.30. The highest BCUT2D eigenvalue weighted by Crippen LogP contribution is 2.15. The highest BCUT2D eigenvalue weighted by atomic mass is 35.5. The van der Waals surface area contributed by atoms with Gasteiger partial charge >= 0.3 is 6.03 Å². The van der Waals surface area contributed by atoms with Gasteiger partial charge in [0.2, 0.25) is 0 Å². The number of halogens is 1. The summed E-state index contributed by atoms with van der Waals surface area (Å²) in [7, 11) is 1.78. The van der Waals surface area contributed by atoms with Crippen molar-refractivity contribution in [2.24, 2.45) is 7.05 Å². The molecule has 0 spiro atoms. The first-order chi connectivity index (χ1) is 8.13. The molecule has 0 unspecified atom stereocenters. The molecule has 2 rings (SSSR count). The first-order valence-electron chi connectivity index (χ1n) is 4.96. The molecule has 0 bridgehead atoms. The third-order valence-electron chi connectivity index (χ3n) is 2.05. The molecule has 0 aliphatic rings. The quantitative estimate of drug-likeness (QED) is 0.861. The minimum atomic E-state index is -0.333. The minimum Gasteiger partial charge on any atom is -0.308 e. The lowest BCUT2D eigenvalue weighted by atomic mass is 10.3. The van der Waals surface area contributed by atoms with Gasteiger partial charge in [-0.2, -0.15) is 5.10 Å². The zero-order valence-corrected chi connectivity index (χ0v) is 9.90. The van der Waals surface area contributed by atoms with Gasteiger partial charge in [0.15, 0.2) is 0 Å². The van der Waals surface area contributed by atoms with Crippen molar-refractivity contribution in [1.29, 1.82) is 0 Å². The maximum atomic E-state index is 11.6. The summed E-state index contributed by atoms with van der Waals surface area (Å²) in [5.74, 6) is 0. The number of aromatic nitrogens is 2. The molecule has 2 N–H and O–H groups in total. The lowest BCUT2D eigenvalue weighted by Crippen LogP contribution is -2.19. The van der Waals surface area contributed by atoms with Gasteiger partial charge in [0.25, 0.3) is 0 Å². The summed E-state index contributed by atoms with van der Waals surface area (Å²) in [4.78, 5) is 11.6. The average molecular weight is 251 g/mol. The van der Waals surface area contributed by atoms with E-state index in [4.69, 9.17) is 11.6 Å². The van der Waals surface area contributed by atoms with E-state index in [1.54, 1.807) is 48.4 Å². The van der Waals surface area contributed by atoms with Crippen LogP contribution in [0.3, 0.4) is 0 Å². The van der Waals surface area contributed by atoms with Gasteiger partial charge in [0.1, 0.15) is 0 Å². The molecule has 0 saturated carbocycles. The lowest BCUT2D eigenvalue weighted by molar-refractivity contribution is 0.262. The Hall–Kier alpha value is -2.01. The molecule has 0 atom stereocenters. The fourth-order valence-electron chi connectivity index (χ4n) is 1.35. The van der Waals surface area contributed by atoms with Gasteiger partial charge in [-0.25, -0.2) is 4.79 Å². The number of nitrogens with one attached hydrogen (secondary N) is 2. The fourth-order valence-corrected chi connectivity index (χ4v) is 1.54. The zero-order valence-electron chi connectivity index (χ0n) is 9.14. The van der Waals surface area contributed by atoms with Crippen molar-refractivity contribution >= 4 is 29.0 Å². The van der Waals surface area contributed by atoms with Crippen LogP contribution in [0.1, 0.15) is 0 Å². The summed E-state index contributed by atoms with van der Waals surface area (Å²) >= 11 is 5.81. The van der Waals surface area contributed by atoms with Crippen molar-refractivity contribution in [3.05, 3.63) is 41.7 Å². The van der Waals surface area contributed by atoms with Gasteiger partial charge in [-0.1, -0.05) is 17.7 Å². The SMILES string of the molecule is Cn1cc(NC(=O)Nc2cccc(Cl)c2)cn1. The third kappa shape index (κ3) is 3.22. The largest absolute Gasteiger partial charge is 0.323 e. The van der Waals surface area contributed by atoms with Crippen molar-refractivity contribution in [3.63, 3.8) is 0 Å². The van der Waals surface area contributed by atoms with Gasteiger partial charge < -0.3 is 10.6 Å². The monoisotopic (exact) mass is 250 g/mol. The second-order valence-corrected chi connectivity index (χ2v) is 3.93. The molecule has 0 saturated heterocycles. The van der Waals surface area contributed by atoms with Crippen LogP contribution in [0, 0.1) is 0 Å². The number of urea groups is 1. The van der Waals surface area contributed by atoms with Crippen LogP contribution < -0.4 is 10.6 Å². The highest BCUT2D eigenvalue weighted by Gasteiger charge is 2.03. The normalized spacial score (nSPS) is 10.0. The van der Waals surface area contributed by atoms with E-state index >= 15 is 0 Å². The number of nitrogens with zero attached hydrogens (tertiary/aromatic N) is 2. The fraction of sp³-hybridized carbons (Fsp3) is 0.0909. The van der Waals surface area contributed by atoms with Crippen molar-refractivity contribution in [2.75, 3.05) is 10.6 Å². The number of carbonyl (C=O) groups excluding carboxylic acids is 1. The molecule has 0 radical (unpaired) electrons. The summed E-state index contributed by atoms with van der Waals surface area (Å²) in [6.45, 7) is 0. The number of benzene rings is 1. The van der Waals surface area contributed by atoms with E-state index in [0.717, 1.165) is 0 Å². The second-order valence-electron chi connectivity index (χ2n) is 3.49. The molecule has 5 nitrogen and oxygen atoms in total. The van der Waals surface area contributed by atoms with Crippen LogP contribution in [0.5, 0.6) is 0 Å². The van der Waals surface area contributed by atoms with Crippen molar-refractivity contribution in [1.82, 2.24) is 9.78 Å². The van der Waals surface area contributed by atoms with Crippen LogP contribution in [0.2, 0.25) is 5.02 Å². The molecular formula is C11H11ClN4O. The van der Waals surface area contributed by atoms with Crippen LogP contribution in [0.15, 0.2) is 36.7 Å². The number of aryl methyl sites for hydroxylation is 1. The summed E-state index contributed by atoms with van der Waals surface area (Å²) < 4.78 is 1.61. The molecule has 2 amide bonds. The van der Waals surface area contributed by atoms with Gasteiger partial charge in [-0.05, 0) is 18.2 Å². The zero-order chi connectivity index (χ0) is 12.3. The first kappa shape index (κ1) is 11.5. The Morgan fingerprint density at radius 3 is 2.76 bits per heavy atom. The van der Waals surface area contributed by atoms with E-state index in [-0.39, 0.29) is 6.03 Å². The number of carbonyl (C=O) groups is 1. The minimum absolute atomic E-state index is 0.333. The molecule has 0 aliphatic heterocycles. The van der Waals surface area contributed by atoms with Gasteiger partial charge in [0.05, 0.1) is 11.9 Å². The molecule has 1 aromatic heterocycles. The summed E-state index contributed by atoms with van der Waals surface area (Å²) in [6.07, 6.45) is 3.27. The smallest absolute Gasteiger partial charge is 0.308 e. The maximum Gasteiger partial charge on any atom is 0.323 e. The van der Waals surface area contributed by atoms with Crippen LogP contribution >= 0.6 is 11.6 Å². The van der Waals surface area contributed by atoms with Crippen molar-refractivity contribution < 1.29 is 4.79 Å². The Morgan fingerprint density at radius 2 is 2.12 bits per heavy atom. The molecule has 0 aliphatic carbocycles. The van der Waals surface area contributed by atoms with Gasteiger partial charge in [0, 0.05) is 24.0 Å². The molecular weight excluding hydrogens is 240 g/mol. The standard InChI is InChI=1S/C11H11ClN4O/c1-16-7-10(6-13-16)15-11(17)14-9-4-2-3-8(12)5-9/h2-7H,1H3,(H2,14,15,17). The Kier molecular flexibility index (Phi) is 3.30. The topological polar surface area (TPSA) is 59.0 Å². The van der Waals surface area contributed by atoms with Gasteiger partial charge in [-0.15, -0.1) is 0 Å². The van der Waals surface area contributed by atoms with Crippen LogP contribution in [0.25, 0.3) is 0 Å². The number of amides is 2. The average Bonchev–Trinajstić information content (AvgIpc) is 2.63. The predicted molar refractivity (Wildman–Crippen MR) is 67.3 cm³/mol. The molecule has 0 fully saturated rings. The van der Waals surface area contributed by atoms with Crippen molar-refractivity contribution in [3.8, 4) is 0 Å². The lowest BCUT2D eigenvalue weighted by Gasteiger charge is -2.05. The van der Waals surface area contributed by atoms with E-state index in [9.17, 15) is 4.79 Å². The second kappa shape index (κ2) is 4.88. The molecule has 1 aromatic carbocycles. The third-order valence-corrected chi connectivity index (χ3v) is 2.28. The van der Waals surface area contributed by atoms with Crippen LogP contribution in [0.4, 0.5) is 16.2 Å². The van der Waals surface area contributed by atoms with Crippen LogP contribution in [-0.4, -0.2) is 15.8 Å². The van der Waals surface area contributed by atoms with E-state index in [1.807, 2.05) is 0 Å². The van der Waals surface area contributed by atoms with E-state index in [0.29, 0.717) is 16.4 Å². The Bertz CT molecular complexity index is 538. The van der Waals surface area contributed by atoms with Crippen molar-refractivity contribution in [2.45, 2.75) is 0 Å². The van der Waals surface area contributed by atoms with E-state index in [1.165, 1.54) is 0 Å². The Labute approximate surface area is 103 Å². The summed E-state index contributed by atoms with van der Waals surface area (Å²) in [5, 5.41) is 9.84. The number of hydrogen-bond donors (Lipinski definition) is 2. The van der Waals surface area contributed by atoms with E-state index < -0.39 is 0 Å². The van der Waals surface area contributed by atoms with Crippen LogP contribution in [-0.2, 0) is 7.05 Å². The Morgan fingerprint density at radius 1 is 1.35 bits per heavy atom. The molecule has 17 heavy (non-hydrogen) atoms. The summed E-state index contributed by atoms with van der Waals surface area (Å²) in [5.41, 5.74) is 1.27. The summed E-state index contributed by atoms with van der Waals surface area (Å²) in [6, 6.07) is 6.60. The van der Waals surface area contributed by atoms with E-state index in [2.05, 4.69) is 15.7 Å². The Balaban J connectivity index is 1.98. The maximum absolute atomic E-state index is 11.6. The predicted octanol–water partition coefficient (Wildman–Crippen LogP) is 2.72. The van der Waals surface area contributed by atoms with Gasteiger partial charge in [-0.3, -0.25) is 4.68 Å². The number of rotatable bonds is 2. The molecule has 6 heteroatoms. The number of anilines is 2. The molecule has 1 heterocycles. The number of hydrogen-bond acceptors (Lipinski definition) is 2.